The number of imidazole rings is 1. The van der Waals surface area contributed by atoms with Gasteiger partial charge in [0.05, 0.1) is 49.1 Å². The smallest absolute Gasteiger partial charge is 0.255 e. The van der Waals surface area contributed by atoms with Crippen molar-refractivity contribution < 1.29 is 42.6 Å². The molecule has 2 atom stereocenters. The van der Waals surface area contributed by atoms with Gasteiger partial charge in [0.1, 0.15) is 23.4 Å². The molecule has 8 heterocycles. The van der Waals surface area contributed by atoms with Gasteiger partial charge in [-0.3, -0.25) is 34.6 Å². The molecule has 0 bridgehead atoms. The lowest BCUT2D eigenvalue weighted by Crippen LogP contribution is -2.73. The van der Waals surface area contributed by atoms with Gasteiger partial charge in [-0.05, 0) is 67.5 Å². The van der Waals surface area contributed by atoms with E-state index in [1.807, 2.05) is 33.7 Å². The SMILES string of the molecule is COc1cc(N2CCC(O)(CC(=O)N3CC4(C3)CN(c3ccc(-c5cc(F)c6c(c5)C(=O)N(C(C(=O)Nc5nccs5)c5ncn7c5CCC7)C6)cc3)C4)CC2)c(F)cc1NC1CCC(=O)NC1=O. The lowest BCUT2D eigenvalue weighted by molar-refractivity contribution is -0.151. The number of aliphatic hydroxyl groups is 1. The second kappa shape index (κ2) is 17.2. The first-order valence-electron chi connectivity index (χ1n) is 23.2. The highest BCUT2D eigenvalue weighted by atomic mass is 32.1. The number of hydrogen-bond donors (Lipinski definition) is 4. The Hall–Kier alpha value is -6.93. The zero-order chi connectivity index (χ0) is 47.8. The van der Waals surface area contributed by atoms with Crippen LogP contribution in [0.3, 0.4) is 0 Å². The minimum atomic E-state index is -1.23. The number of likely N-dealkylation sites (tertiary alicyclic amines) is 1. The van der Waals surface area contributed by atoms with Gasteiger partial charge >= 0.3 is 0 Å². The highest BCUT2D eigenvalue weighted by Crippen LogP contribution is 2.44. The molecule has 6 aliphatic rings. The number of piperidine rings is 2. The van der Waals surface area contributed by atoms with Crippen molar-refractivity contribution in [2.24, 2.45) is 5.41 Å². The van der Waals surface area contributed by atoms with Crippen LogP contribution in [0.15, 0.2) is 66.4 Å². The number of hydrogen-bond acceptors (Lipinski definition) is 13. The normalized spacial score (nSPS) is 20.5. The van der Waals surface area contributed by atoms with Crippen molar-refractivity contribution in [3.8, 4) is 16.9 Å². The van der Waals surface area contributed by atoms with Crippen LogP contribution in [-0.2, 0) is 38.7 Å². The number of amides is 5. The van der Waals surface area contributed by atoms with Gasteiger partial charge in [-0.25, -0.2) is 18.7 Å². The van der Waals surface area contributed by atoms with Gasteiger partial charge < -0.3 is 39.3 Å². The molecule has 2 aromatic heterocycles. The standard InChI is InChI=1S/C49H50F2N10O7S/c1-68-39-20-38(34(51)19-36(39)54-35-8-9-40(62)55-44(35)64)57-14-10-49(67,11-15-57)21-41(63)60-25-48(26-60)23-59(24-48)30-6-4-28(5-7-30)29-17-31-32(33(50)18-29)22-61(46(31)66)43(45(65)56-47-52-12-16-69-47)42-37-3-2-13-58(37)27-53-42/h4-7,12,16-20,27,35,43,54,67H,2-3,8-11,13-15,21-26H2,1H3,(H,52,56,65)(H,55,62,64). The topological polar surface area (TPSA) is 195 Å². The summed E-state index contributed by atoms with van der Waals surface area (Å²) >= 11 is 1.27. The monoisotopic (exact) mass is 960 g/mol. The Balaban J connectivity index is 0.680. The van der Waals surface area contributed by atoms with E-state index in [0.29, 0.717) is 59.7 Å². The van der Waals surface area contributed by atoms with Gasteiger partial charge in [-0.1, -0.05) is 12.1 Å². The van der Waals surface area contributed by atoms with Crippen LogP contribution in [0, 0.1) is 17.0 Å². The summed E-state index contributed by atoms with van der Waals surface area (Å²) in [4.78, 5) is 81.3. The van der Waals surface area contributed by atoms with Crippen molar-refractivity contribution in [1.29, 1.82) is 0 Å². The fourth-order valence-corrected chi connectivity index (χ4v) is 11.5. The zero-order valence-corrected chi connectivity index (χ0v) is 38.6. The van der Waals surface area contributed by atoms with Gasteiger partial charge in [0.2, 0.25) is 17.7 Å². The Kier molecular flexibility index (Phi) is 11.1. The first kappa shape index (κ1) is 44.6. The molecule has 0 aliphatic carbocycles. The molecule has 0 radical (unpaired) electrons. The van der Waals surface area contributed by atoms with Crippen LogP contribution < -0.4 is 30.5 Å². The molecule has 11 rings (SSSR count). The van der Waals surface area contributed by atoms with E-state index in [0.717, 1.165) is 49.4 Å². The molecule has 6 aliphatic heterocycles. The van der Waals surface area contributed by atoms with Crippen LogP contribution in [0.25, 0.3) is 11.1 Å². The van der Waals surface area contributed by atoms with Crippen LogP contribution in [0.2, 0.25) is 0 Å². The maximum absolute atomic E-state index is 16.0. The molecule has 69 heavy (non-hydrogen) atoms. The van der Waals surface area contributed by atoms with E-state index < -0.39 is 47.0 Å². The summed E-state index contributed by atoms with van der Waals surface area (Å²) in [6.07, 6.45) is 5.88. The Bertz CT molecular complexity index is 2890. The first-order valence-corrected chi connectivity index (χ1v) is 24.1. The van der Waals surface area contributed by atoms with Gasteiger partial charge in [0, 0.05) is 104 Å². The van der Waals surface area contributed by atoms with Crippen LogP contribution in [0.5, 0.6) is 5.75 Å². The second-order valence-electron chi connectivity index (χ2n) is 19.2. The molecule has 4 saturated heterocycles. The predicted octanol–water partition coefficient (Wildman–Crippen LogP) is 4.86. The summed E-state index contributed by atoms with van der Waals surface area (Å²) in [5, 5.41) is 21.8. The van der Waals surface area contributed by atoms with Crippen molar-refractivity contribution >= 4 is 63.1 Å². The highest BCUT2D eigenvalue weighted by Gasteiger charge is 2.54. The number of benzene rings is 3. The second-order valence-corrected chi connectivity index (χ2v) is 20.1. The number of ether oxygens (including phenoxy) is 1. The number of nitrogens with zero attached hydrogens (tertiary/aromatic N) is 7. The molecule has 5 aromatic rings. The van der Waals surface area contributed by atoms with Crippen molar-refractivity contribution in [2.75, 3.05) is 66.8 Å². The number of nitrogens with one attached hydrogen (secondary N) is 3. The molecule has 17 nitrogen and oxygen atoms in total. The Labute approximate surface area is 399 Å². The number of rotatable bonds is 12. The number of thiazole rings is 1. The predicted molar refractivity (Wildman–Crippen MR) is 251 cm³/mol. The molecule has 4 fully saturated rings. The molecule has 0 saturated carbocycles. The van der Waals surface area contributed by atoms with Crippen LogP contribution in [0.4, 0.5) is 31.0 Å². The number of carbonyl (C=O) groups is 5. The highest BCUT2D eigenvalue weighted by molar-refractivity contribution is 7.13. The van der Waals surface area contributed by atoms with E-state index in [4.69, 9.17) is 4.74 Å². The summed E-state index contributed by atoms with van der Waals surface area (Å²) in [7, 11) is 1.45. The van der Waals surface area contributed by atoms with Gasteiger partial charge in [0.25, 0.3) is 11.8 Å². The fraction of sp³-hybridized carbons (Fsp3) is 0.408. The van der Waals surface area contributed by atoms with Crippen LogP contribution in [0.1, 0.15) is 71.9 Å². The van der Waals surface area contributed by atoms with E-state index >= 15 is 8.78 Å². The van der Waals surface area contributed by atoms with Crippen molar-refractivity contribution in [3.63, 3.8) is 0 Å². The Morgan fingerprint density at radius 1 is 0.957 bits per heavy atom. The van der Waals surface area contributed by atoms with E-state index in [1.165, 1.54) is 35.5 Å². The van der Waals surface area contributed by atoms with Crippen molar-refractivity contribution in [2.45, 2.75) is 75.7 Å². The lowest BCUT2D eigenvalue weighted by atomic mass is 9.72. The fourth-order valence-electron chi connectivity index (χ4n) is 10.9. The molecule has 358 valence electrons. The van der Waals surface area contributed by atoms with Crippen LogP contribution >= 0.6 is 11.3 Å². The minimum absolute atomic E-state index is 0.0227. The first-order chi connectivity index (χ1) is 33.3. The number of aryl methyl sites for hydroxylation is 1. The molecule has 3 aromatic carbocycles. The van der Waals surface area contributed by atoms with Crippen molar-refractivity contribution in [1.82, 2.24) is 29.7 Å². The molecule has 4 N–H and O–H groups in total. The number of halogens is 2. The summed E-state index contributed by atoms with van der Waals surface area (Å²) < 4.78 is 39.0. The molecular weight excluding hydrogens is 911 g/mol. The average molecular weight is 961 g/mol. The molecule has 1 spiro atoms. The maximum atomic E-state index is 16.0. The summed E-state index contributed by atoms with van der Waals surface area (Å²) in [5.41, 5.74) is 3.41. The Morgan fingerprint density at radius 3 is 2.46 bits per heavy atom. The Morgan fingerprint density at radius 2 is 1.74 bits per heavy atom. The summed E-state index contributed by atoms with van der Waals surface area (Å²) in [6, 6.07) is 11.9. The average Bonchev–Trinajstić information content (AvgIpc) is 4.13. The largest absolute Gasteiger partial charge is 0.495 e. The molecule has 20 heteroatoms. The number of aromatic nitrogens is 3. The maximum Gasteiger partial charge on any atom is 0.255 e. The third-order valence-electron chi connectivity index (χ3n) is 14.7. The van der Waals surface area contributed by atoms with E-state index in [1.54, 1.807) is 34.9 Å². The lowest BCUT2D eigenvalue weighted by Gasteiger charge is -2.61. The van der Waals surface area contributed by atoms with Gasteiger partial charge in [-0.2, -0.15) is 0 Å². The van der Waals surface area contributed by atoms with Gasteiger partial charge in [-0.15, -0.1) is 11.3 Å². The van der Waals surface area contributed by atoms with E-state index in [-0.39, 0.29) is 67.0 Å². The summed E-state index contributed by atoms with van der Waals surface area (Å²) in [5.74, 6) is -2.56. The van der Waals surface area contributed by atoms with E-state index in [2.05, 4.69) is 30.8 Å². The number of carbonyl (C=O) groups excluding carboxylic acids is 5. The third kappa shape index (κ3) is 8.21. The van der Waals surface area contributed by atoms with Gasteiger partial charge in [0.15, 0.2) is 11.2 Å². The van der Waals surface area contributed by atoms with Crippen molar-refractivity contribution in [3.05, 3.63) is 101 Å². The van der Waals surface area contributed by atoms with E-state index in [9.17, 15) is 29.1 Å². The number of anilines is 4. The zero-order valence-electron chi connectivity index (χ0n) is 37.8. The quantitative estimate of drug-likeness (QED) is 0.124. The summed E-state index contributed by atoms with van der Waals surface area (Å²) in [6.45, 7) is 4.02. The molecule has 2 unspecified atom stereocenters. The van der Waals surface area contributed by atoms with Crippen LogP contribution in [-0.4, -0.2) is 117 Å². The molecular formula is C49H50F2N10O7S. The molecule has 5 amide bonds. The third-order valence-corrected chi connectivity index (χ3v) is 15.4. The number of fused-ring (bicyclic) bond motifs is 2. The minimum Gasteiger partial charge on any atom is -0.495 e. The number of imide groups is 1. The number of methoxy groups -OCH3 is 1.